The lowest BCUT2D eigenvalue weighted by Gasteiger charge is -2.34. The Morgan fingerprint density at radius 3 is 2.74 bits per heavy atom. The number of nitrogens with one attached hydrogen (secondary N) is 1. The quantitative estimate of drug-likeness (QED) is 0.872. The third-order valence-corrected chi connectivity index (χ3v) is 3.89. The van der Waals surface area contributed by atoms with Crippen LogP contribution in [0.3, 0.4) is 0 Å². The van der Waals surface area contributed by atoms with Crippen LogP contribution < -0.4 is 5.73 Å². The number of hydrogen-bond acceptors (Lipinski definition) is 3. The molecule has 4 nitrogen and oxygen atoms in total. The molecule has 2 heterocycles. The molecule has 1 aliphatic rings. The number of nitrogens with zero attached hydrogens (tertiary/aromatic N) is 1. The van der Waals surface area contributed by atoms with Crippen molar-refractivity contribution in [3.05, 3.63) is 29.6 Å². The normalized spacial score (nSPS) is 18.9. The summed E-state index contributed by atoms with van der Waals surface area (Å²) in [5, 5.41) is 0. The third-order valence-electron chi connectivity index (χ3n) is 3.89. The summed E-state index contributed by atoms with van der Waals surface area (Å²) in [7, 11) is 0. The van der Waals surface area contributed by atoms with Crippen molar-refractivity contribution >= 4 is 11.0 Å². The van der Waals surface area contributed by atoms with Crippen molar-refractivity contribution in [3.63, 3.8) is 0 Å². The van der Waals surface area contributed by atoms with Gasteiger partial charge in [-0.2, -0.15) is 0 Å². The first kappa shape index (κ1) is 12.5. The van der Waals surface area contributed by atoms with Crippen LogP contribution in [0.25, 0.3) is 11.0 Å². The smallest absolute Gasteiger partial charge is 0.186 e. The van der Waals surface area contributed by atoms with Crippen molar-refractivity contribution in [1.29, 1.82) is 0 Å². The number of H-pyrrole nitrogens is 1. The zero-order valence-electron chi connectivity index (χ0n) is 10.4. The van der Waals surface area contributed by atoms with Gasteiger partial charge in [-0.25, -0.2) is 13.8 Å². The van der Waals surface area contributed by atoms with E-state index in [0.717, 1.165) is 18.9 Å². The Labute approximate surface area is 109 Å². The Morgan fingerprint density at radius 1 is 1.32 bits per heavy atom. The molecule has 1 fully saturated rings. The van der Waals surface area contributed by atoms with Gasteiger partial charge in [0.2, 0.25) is 0 Å². The van der Waals surface area contributed by atoms with Gasteiger partial charge in [0.25, 0.3) is 0 Å². The molecule has 0 atom stereocenters. The van der Waals surface area contributed by atoms with E-state index in [9.17, 15) is 8.78 Å². The topological polar surface area (TPSA) is 63.9 Å². The predicted octanol–water partition coefficient (Wildman–Crippen LogP) is 1.85. The summed E-state index contributed by atoms with van der Waals surface area (Å²) in [4.78, 5) is 7.31. The van der Waals surface area contributed by atoms with E-state index in [4.69, 9.17) is 10.5 Å². The van der Waals surface area contributed by atoms with Gasteiger partial charge in [-0.3, -0.25) is 0 Å². The van der Waals surface area contributed by atoms with Crippen LogP contribution in [0.4, 0.5) is 8.78 Å². The fourth-order valence-electron chi connectivity index (χ4n) is 2.57. The van der Waals surface area contributed by atoms with E-state index >= 15 is 0 Å². The molecule has 0 bridgehead atoms. The molecule has 19 heavy (non-hydrogen) atoms. The maximum absolute atomic E-state index is 13.7. The molecule has 1 aromatic carbocycles. The molecule has 2 aromatic rings. The lowest BCUT2D eigenvalue weighted by Crippen LogP contribution is -2.41. The number of rotatable bonds is 2. The van der Waals surface area contributed by atoms with Crippen molar-refractivity contribution in [1.82, 2.24) is 9.97 Å². The highest BCUT2D eigenvalue weighted by atomic mass is 19.2. The molecule has 1 aromatic heterocycles. The zero-order chi connectivity index (χ0) is 13.5. The van der Waals surface area contributed by atoms with Crippen molar-refractivity contribution < 1.29 is 13.5 Å². The molecule has 0 unspecified atom stereocenters. The summed E-state index contributed by atoms with van der Waals surface area (Å²) in [6.45, 7) is 1.61. The van der Waals surface area contributed by atoms with E-state index in [-0.39, 0.29) is 10.9 Å². The van der Waals surface area contributed by atoms with Crippen molar-refractivity contribution in [3.8, 4) is 0 Å². The molecule has 3 rings (SSSR count). The van der Waals surface area contributed by atoms with Crippen molar-refractivity contribution in [2.75, 3.05) is 19.8 Å². The highest BCUT2D eigenvalue weighted by molar-refractivity contribution is 5.76. The van der Waals surface area contributed by atoms with E-state index in [1.807, 2.05) is 0 Å². The average Bonchev–Trinajstić information content (AvgIpc) is 2.89. The number of aromatic nitrogens is 2. The fraction of sp³-hybridized carbons (Fsp3) is 0.462. The monoisotopic (exact) mass is 267 g/mol. The molecule has 0 spiro atoms. The standard InChI is InChI=1S/C13H15F2N3O/c14-8-1-2-9-11(10(8)15)18-12(17-9)13(7-16)3-5-19-6-4-13/h1-2H,3-7,16H2,(H,17,18). The van der Waals surface area contributed by atoms with E-state index in [1.165, 1.54) is 6.07 Å². The minimum Gasteiger partial charge on any atom is -0.381 e. The van der Waals surface area contributed by atoms with E-state index in [0.29, 0.717) is 31.1 Å². The summed E-state index contributed by atoms with van der Waals surface area (Å²) in [5.74, 6) is -1.18. The molecule has 0 radical (unpaired) electrons. The van der Waals surface area contributed by atoms with E-state index in [1.54, 1.807) is 0 Å². The summed E-state index contributed by atoms with van der Waals surface area (Å²) >= 11 is 0. The van der Waals surface area contributed by atoms with Gasteiger partial charge in [-0.05, 0) is 25.0 Å². The van der Waals surface area contributed by atoms with Gasteiger partial charge >= 0.3 is 0 Å². The molecule has 1 saturated heterocycles. The number of aromatic amines is 1. The molecule has 102 valence electrons. The first-order valence-corrected chi connectivity index (χ1v) is 6.28. The molecule has 3 N–H and O–H groups in total. The first-order valence-electron chi connectivity index (χ1n) is 6.28. The average molecular weight is 267 g/mol. The SMILES string of the molecule is NCC1(c2nc3c(F)c(F)ccc3[nH]2)CCOCC1. The summed E-state index contributed by atoms with van der Waals surface area (Å²) < 4.78 is 32.2. The highest BCUT2D eigenvalue weighted by Gasteiger charge is 2.36. The summed E-state index contributed by atoms with van der Waals surface area (Å²) in [6, 6.07) is 2.59. The number of nitrogens with two attached hydrogens (primary N) is 1. The Bertz CT molecular complexity index is 605. The van der Waals surface area contributed by atoms with Crippen LogP contribution in [0, 0.1) is 11.6 Å². The maximum atomic E-state index is 13.7. The molecule has 6 heteroatoms. The molecule has 0 saturated carbocycles. The minimum absolute atomic E-state index is 0.0364. The second-order valence-electron chi connectivity index (χ2n) is 4.94. The van der Waals surface area contributed by atoms with Crippen molar-refractivity contribution in [2.24, 2.45) is 5.73 Å². The summed E-state index contributed by atoms with van der Waals surface area (Å²) in [5.41, 5.74) is 6.07. The van der Waals surface area contributed by atoms with Gasteiger partial charge in [0.15, 0.2) is 11.6 Å². The van der Waals surface area contributed by atoms with Crippen LogP contribution in [-0.4, -0.2) is 29.7 Å². The Balaban J connectivity index is 2.12. The third kappa shape index (κ3) is 1.91. The molecule has 0 aliphatic carbocycles. The van der Waals surface area contributed by atoms with Crippen LogP contribution in [0.5, 0.6) is 0 Å². The van der Waals surface area contributed by atoms with Gasteiger partial charge in [0.1, 0.15) is 11.3 Å². The lowest BCUT2D eigenvalue weighted by molar-refractivity contribution is 0.0503. The van der Waals surface area contributed by atoms with Crippen molar-refractivity contribution in [2.45, 2.75) is 18.3 Å². The molecular weight excluding hydrogens is 252 g/mol. The van der Waals surface area contributed by atoms with Gasteiger partial charge in [-0.15, -0.1) is 0 Å². The van der Waals surface area contributed by atoms with Gasteiger partial charge in [0, 0.05) is 25.2 Å². The van der Waals surface area contributed by atoms with Gasteiger partial charge in [-0.1, -0.05) is 0 Å². The van der Waals surface area contributed by atoms with Crippen LogP contribution in [0.15, 0.2) is 12.1 Å². The van der Waals surface area contributed by atoms with Gasteiger partial charge in [0.05, 0.1) is 5.52 Å². The minimum atomic E-state index is -0.917. The van der Waals surface area contributed by atoms with Crippen LogP contribution >= 0.6 is 0 Å². The Kier molecular flexibility index (Phi) is 2.99. The largest absolute Gasteiger partial charge is 0.381 e. The maximum Gasteiger partial charge on any atom is 0.186 e. The first-order chi connectivity index (χ1) is 9.16. The van der Waals surface area contributed by atoms with E-state index < -0.39 is 11.6 Å². The molecule has 0 amide bonds. The van der Waals surface area contributed by atoms with Gasteiger partial charge < -0.3 is 15.5 Å². The second-order valence-corrected chi connectivity index (χ2v) is 4.94. The number of imidazole rings is 1. The fourth-order valence-corrected chi connectivity index (χ4v) is 2.57. The Hall–Kier alpha value is -1.53. The predicted molar refractivity (Wildman–Crippen MR) is 66.8 cm³/mol. The number of ether oxygens (including phenoxy) is 1. The second kappa shape index (κ2) is 4.54. The highest BCUT2D eigenvalue weighted by Crippen LogP contribution is 2.33. The number of benzene rings is 1. The summed E-state index contributed by atoms with van der Waals surface area (Å²) in [6.07, 6.45) is 1.46. The van der Waals surface area contributed by atoms with Crippen LogP contribution in [-0.2, 0) is 10.2 Å². The van der Waals surface area contributed by atoms with Crippen LogP contribution in [0.2, 0.25) is 0 Å². The lowest BCUT2D eigenvalue weighted by atomic mass is 9.79. The number of hydrogen-bond donors (Lipinski definition) is 2. The zero-order valence-corrected chi connectivity index (χ0v) is 10.4. The number of fused-ring (bicyclic) bond motifs is 1. The number of halogens is 2. The Morgan fingerprint density at radius 2 is 2.05 bits per heavy atom. The molecule has 1 aliphatic heterocycles. The molecular formula is C13H15F2N3O. The van der Waals surface area contributed by atoms with Crippen LogP contribution in [0.1, 0.15) is 18.7 Å². The van der Waals surface area contributed by atoms with E-state index in [2.05, 4.69) is 9.97 Å².